The van der Waals surface area contributed by atoms with E-state index in [2.05, 4.69) is 0 Å². The van der Waals surface area contributed by atoms with Crippen molar-refractivity contribution >= 4 is 0 Å². The van der Waals surface area contributed by atoms with Crippen LogP contribution in [0.2, 0.25) is 0 Å². The standard InChI is InChI=1S/C9H16O4/c1-8(5-10)7(12)6(11)4-9(13-8)2-3-9/h6-7,10-12H,2-5H2,1H3/t6-,7-,8+/m1/s1. The molecule has 1 aliphatic heterocycles. The molecule has 0 radical (unpaired) electrons. The van der Waals surface area contributed by atoms with Gasteiger partial charge in [-0.05, 0) is 19.8 Å². The lowest BCUT2D eigenvalue weighted by atomic mass is 9.87. The maximum Gasteiger partial charge on any atom is 0.117 e. The van der Waals surface area contributed by atoms with Crippen LogP contribution in [-0.2, 0) is 4.74 Å². The zero-order valence-corrected chi connectivity index (χ0v) is 7.73. The Kier molecular flexibility index (Phi) is 1.93. The second-order valence-electron chi connectivity index (χ2n) is 4.47. The van der Waals surface area contributed by atoms with Crippen molar-refractivity contribution in [3.63, 3.8) is 0 Å². The summed E-state index contributed by atoms with van der Waals surface area (Å²) in [6, 6.07) is 0. The first-order chi connectivity index (χ1) is 6.01. The van der Waals surface area contributed by atoms with E-state index in [1.54, 1.807) is 6.92 Å². The number of hydrogen-bond acceptors (Lipinski definition) is 4. The third-order valence-corrected chi connectivity index (χ3v) is 3.14. The van der Waals surface area contributed by atoms with Gasteiger partial charge in [-0.3, -0.25) is 0 Å². The van der Waals surface area contributed by atoms with E-state index in [0.717, 1.165) is 12.8 Å². The van der Waals surface area contributed by atoms with Crippen molar-refractivity contribution in [3.8, 4) is 0 Å². The summed E-state index contributed by atoms with van der Waals surface area (Å²) < 4.78 is 5.64. The fourth-order valence-electron chi connectivity index (χ4n) is 2.07. The van der Waals surface area contributed by atoms with E-state index in [9.17, 15) is 10.2 Å². The predicted octanol–water partition coefficient (Wildman–Crippen LogP) is -0.588. The van der Waals surface area contributed by atoms with Gasteiger partial charge in [0.2, 0.25) is 0 Å². The molecule has 1 saturated heterocycles. The topological polar surface area (TPSA) is 69.9 Å². The normalized spacial score (nSPS) is 48.0. The molecule has 2 rings (SSSR count). The van der Waals surface area contributed by atoms with Crippen molar-refractivity contribution in [3.05, 3.63) is 0 Å². The highest BCUT2D eigenvalue weighted by molar-refractivity contribution is 5.07. The van der Waals surface area contributed by atoms with Gasteiger partial charge in [0.05, 0.1) is 18.3 Å². The van der Waals surface area contributed by atoms with Crippen molar-refractivity contribution in [1.29, 1.82) is 0 Å². The van der Waals surface area contributed by atoms with E-state index < -0.39 is 17.8 Å². The lowest BCUT2D eigenvalue weighted by molar-refractivity contribution is -0.242. The summed E-state index contributed by atoms with van der Waals surface area (Å²) in [5.41, 5.74) is -1.25. The molecule has 2 aliphatic rings. The maximum atomic E-state index is 9.62. The Morgan fingerprint density at radius 1 is 1.38 bits per heavy atom. The average Bonchev–Trinajstić information content (AvgIpc) is 2.81. The number of hydrogen-bond donors (Lipinski definition) is 3. The van der Waals surface area contributed by atoms with Crippen LogP contribution in [0.5, 0.6) is 0 Å². The second kappa shape index (κ2) is 2.67. The third-order valence-electron chi connectivity index (χ3n) is 3.14. The van der Waals surface area contributed by atoms with Crippen LogP contribution >= 0.6 is 0 Å². The molecule has 2 fully saturated rings. The van der Waals surface area contributed by atoms with Gasteiger partial charge in [-0.25, -0.2) is 0 Å². The van der Waals surface area contributed by atoms with Gasteiger partial charge in [0.25, 0.3) is 0 Å². The SMILES string of the molecule is C[C@@]1(CO)OC2(CC2)C[C@@H](O)[C@H]1O. The van der Waals surface area contributed by atoms with Crippen molar-refractivity contribution in [2.24, 2.45) is 0 Å². The van der Waals surface area contributed by atoms with E-state index in [1.807, 2.05) is 0 Å². The summed E-state index contributed by atoms with van der Waals surface area (Å²) >= 11 is 0. The maximum absolute atomic E-state index is 9.62. The molecule has 1 aliphatic carbocycles. The quantitative estimate of drug-likeness (QED) is 0.514. The Balaban J connectivity index is 2.17. The Morgan fingerprint density at radius 3 is 2.46 bits per heavy atom. The molecule has 1 heterocycles. The van der Waals surface area contributed by atoms with Crippen molar-refractivity contribution in [1.82, 2.24) is 0 Å². The van der Waals surface area contributed by atoms with Gasteiger partial charge in [-0.1, -0.05) is 0 Å². The van der Waals surface area contributed by atoms with E-state index >= 15 is 0 Å². The molecule has 4 heteroatoms. The van der Waals surface area contributed by atoms with Gasteiger partial charge in [-0.2, -0.15) is 0 Å². The number of rotatable bonds is 1. The van der Waals surface area contributed by atoms with Gasteiger partial charge >= 0.3 is 0 Å². The summed E-state index contributed by atoms with van der Waals surface area (Å²) in [7, 11) is 0. The minimum atomic E-state index is -0.992. The number of aliphatic hydroxyl groups is 3. The second-order valence-corrected chi connectivity index (χ2v) is 4.47. The first kappa shape index (κ1) is 9.40. The molecule has 76 valence electrons. The molecule has 0 bridgehead atoms. The molecule has 0 aromatic carbocycles. The summed E-state index contributed by atoms with van der Waals surface area (Å²) in [4.78, 5) is 0. The van der Waals surface area contributed by atoms with Crippen LogP contribution in [0.3, 0.4) is 0 Å². The molecule has 4 nitrogen and oxygen atoms in total. The van der Waals surface area contributed by atoms with Crippen LogP contribution in [-0.4, -0.2) is 45.3 Å². The Bertz CT molecular complexity index is 214. The van der Waals surface area contributed by atoms with Crippen LogP contribution in [0.15, 0.2) is 0 Å². The van der Waals surface area contributed by atoms with E-state index in [1.165, 1.54) is 0 Å². The first-order valence-electron chi connectivity index (χ1n) is 4.69. The smallest absolute Gasteiger partial charge is 0.117 e. The van der Waals surface area contributed by atoms with E-state index in [0.29, 0.717) is 6.42 Å². The fourth-order valence-corrected chi connectivity index (χ4v) is 2.07. The molecule has 0 aromatic rings. The summed E-state index contributed by atoms with van der Waals surface area (Å²) in [5.74, 6) is 0. The van der Waals surface area contributed by atoms with Crippen LogP contribution in [0.25, 0.3) is 0 Å². The largest absolute Gasteiger partial charge is 0.393 e. The zero-order valence-electron chi connectivity index (χ0n) is 7.73. The molecule has 3 N–H and O–H groups in total. The highest BCUT2D eigenvalue weighted by Gasteiger charge is 2.57. The van der Waals surface area contributed by atoms with Crippen molar-refractivity contribution < 1.29 is 20.1 Å². The number of aliphatic hydroxyl groups excluding tert-OH is 3. The molecule has 1 saturated carbocycles. The average molecular weight is 188 g/mol. The van der Waals surface area contributed by atoms with E-state index in [4.69, 9.17) is 9.84 Å². The monoisotopic (exact) mass is 188 g/mol. The summed E-state index contributed by atoms with van der Waals surface area (Å²) in [6.07, 6.45) is 0.583. The predicted molar refractivity (Wildman–Crippen MR) is 45.2 cm³/mol. The molecule has 1 spiro atoms. The van der Waals surface area contributed by atoms with Crippen LogP contribution in [0.1, 0.15) is 26.2 Å². The molecule has 0 aromatic heterocycles. The first-order valence-corrected chi connectivity index (χ1v) is 4.69. The Morgan fingerprint density at radius 2 is 2.00 bits per heavy atom. The highest BCUT2D eigenvalue weighted by atomic mass is 16.6. The molecular formula is C9H16O4. The fraction of sp³-hybridized carbons (Fsp3) is 1.00. The summed E-state index contributed by atoms with van der Waals surface area (Å²) in [5, 5.41) is 28.3. The lowest BCUT2D eigenvalue weighted by Crippen LogP contribution is -2.59. The third kappa shape index (κ3) is 1.38. The highest BCUT2D eigenvalue weighted by Crippen LogP contribution is 2.50. The van der Waals surface area contributed by atoms with Crippen LogP contribution in [0.4, 0.5) is 0 Å². The minimum Gasteiger partial charge on any atom is -0.393 e. The number of ether oxygens (including phenoxy) is 1. The summed E-state index contributed by atoms with van der Waals surface area (Å²) in [6.45, 7) is 1.38. The minimum absolute atomic E-state index is 0.254. The molecule has 13 heavy (non-hydrogen) atoms. The van der Waals surface area contributed by atoms with E-state index in [-0.39, 0.29) is 12.2 Å². The molecule has 0 unspecified atom stereocenters. The van der Waals surface area contributed by atoms with Gasteiger partial charge in [-0.15, -0.1) is 0 Å². The molecule has 3 atom stereocenters. The molecule has 0 amide bonds. The Hall–Kier alpha value is -0.160. The lowest BCUT2D eigenvalue weighted by Gasteiger charge is -2.44. The van der Waals surface area contributed by atoms with Crippen LogP contribution in [0, 0.1) is 0 Å². The van der Waals surface area contributed by atoms with Crippen LogP contribution < -0.4 is 0 Å². The van der Waals surface area contributed by atoms with Crippen molar-refractivity contribution in [2.75, 3.05) is 6.61 Å². The molecular weight excluding hydrogens is 172 g/mol. The van der Waals surface area contributed by atoms with Gasteiger partial charge in [0, 0.05) is 6.42 Å². The van der Waals surface area contributed by atoms with Gasteiger partial charge in [0.15, 0.2) is 0 Å². The van der Waals surface area contributed by atoms with Gasteiger partial charge in [0.1, 0.15) is 11.7 Å². The Labute approximate surface area is 77.1 Å². The van der Waals surface area contributed by atoms with Gasteiger partial charge < -0.3 is 20.1 Å². The van der Waals surface area contributed by atoms with Crippen molar-refractivity contribution in [2.45, 2.75) is 49.6 Å². The zero-order chi connectivity index (χ0) is 9.69.